The Morgan fingerprint density at radius 3 is 2.67 bits per heavy atom. The number of carbonyl (C=O) groups excluding carboxylic acids is 2. The highest BCUT2D eigenvalue weighted by Crippen LogP contribution is 2.24. The number of para-hydroxylation sites is 1. The molecule has 2 saturated heterocycles. The Labute approximate surface area is 160 Å². The standard InChI is InChI=1S/C20H29N3O4/c1-15-5-3-4-6-18(15)21-20(25)22-10-7-17(13-22)23(19(24)14-26-2)16-8-11-27-12-9-16/h3-6,16-17H,7-14H2,1-2H3,(H,21,25). The molecule has 2 aliphatic rings. The zero-order chi connectivity index (χ0) is 19.2. The summed E-state index contributed by atoms with van der Waals surface area (Å²) < 4.78 is 10.5. The number of nitrogens with one attached hydrogen (secondary N) is 1. The second kappa shape index (κ2) is 9.19. The Balaban J connectivity index is 1.65. The molecule has 27 heavy (non-hydrogen) atoms. The number of amides is 3. The van der Waals surface area contributed by atoms with Crippen LogP contribution in [0.4, 0.5) is 10.5 Å². The minimum Gasteiger partial charge on any atom is -0.381 e. The van der Waals surface area contributed by atoms with Crippen molar-refractivity contribution in [3.63, 3.8) is 0 Å². The van der Waals surface area contributed by atoms with E-state index in [1.54, 1.807) is 4.90 Å². The van der Waals surface area contributed by atoms with Crippen LogP contribution in [0.3, 0.4) is 0 Å². The number of rotatable bonds is 5. The molecule has 0 spiro atoms. The van der Waals surface area contributed by atoms with Gasteiger partial charge in [-0.3, -0.25) is 4.79 Å². The number of carbonyl (C=O) groups is 2. The summed E-state index contributed by atoms with van der Waals surface area (Å²) in [6.07, 6.45) is 2.46. The van der Waals surface area contributed by atoms with Crippen molar-refractivity contribution in [2.24, 2.45) is 0 Å². The van der Waals surface area contributed by atoms with Gasteiger partial charge >= 0.3 is 6.03 Å². The SMILES string of the molecule is COCC(=O)N(C1CCOCC1)C1CCN(C(=O)Nc2ccccc2C)C1. The van der Waals surface area contributed by atoms with E-state index in [4.69, 9.17) is 9.47 Å². The van der Waals surface area contributed by atoms with Crippen LogP contribution in [0.5, 0.6) is 0 Å². The number of hydrogen-bond donors (Lipinski definition) is 1. The number of nitrogens with zero attached hydrogens (tertiary/aromatic N) is 2. The van der Waals surface area contributed by atoms with Crippen molar-refractivity contribution < 1.29 is 19.1 Å². The van der Waals surface area contributed by atoms with Gasteiger partial charge in [0.25, 0.3) is 0 Å². The van der Waals surface area contributed by atoms with Gasteiger partial charge in [-0.15, -0.1) is 0 Å². The molecule has 1 aromatic carbocycles. The van der Waals surface area contributed by atoms with Crippen LogP contribution in [-0.2, 0) is 14.3 Å². The van der Waals surface area contributed by atoms with Crippen molar-refractivity contribution in [2.75, 3.05) is 45.3 Å². The normalized spacial score (nSPS) is 20.5. The third-order valence-electron chi connectivity index (χ3n) is 5.37. The minimum atomic E-state index is -0.113. The Morgan fingerprint density at radius 2 is 1.96 bits per heavy atom. The Bertz CT molecular complexity index is 660. The summed E-state index contributed by atoms with van der Waals surface area (Å²) in [4.78, 5) is 29.1. The van der Waals surface area contributed by atoms with E-state index in [9.17, 15) is 9.59 Å². The van der Waals surface area contributed by atoms with Crippen molar-refractivity contribution in [2.45, 2.75) is 38.3 Å². The highest BCUT2D eigenvalue weighted by molar-refractivity contribution is 5.90. The van der Waals surface area contributed by atoms with Gasteiger partial charge in [0.1, 0.15) is 6.61 Å². The van der Waals surface area contributed by atoms with E-state index in [0.717, 1.165) is 30.5 Å². The summed E-state index contributed by atoms with van der Waals surface area (Å²) in [6.45, 7) is 4.58. The first-order valence-corrected chi connectivity index (χ1v) is 9.59. The third-order valence-corrected chi connectivity index (χ3v) is 5.37. The average Bonchev–Trinajstić information content (AvgIpc) is 3.15. The van der Waals surface area contributed by atoms with Gasteiger partial charge in [-0.25, -0.2) is 4.79 Å². The Hall–Kier alpha value is -2.12. The van der Waals surface area contributed by atoms with Crippen LogP contribution in [0.25, 0.3) is 0 Å². The van der Waals surface area contributed by atoms with Crippen LogP contribution in [0.15, 0.2) is 24.3 Å². The first-order chi connectivity index (χ1) is 13.1. The summed E-state index contributed by atoms with van der Waals surface area (Å²) in [5.74, 6) is -0.00411. The quantitative estimate of drug-likeness (QED) is 0.857. The van der Waals surface area contributed by atoms with E-state index in [1.165, 1.54) is 7.11 Å². The molecule has 0 saturated carbocycles. The lowest BCUT2D eigenvalue weighted by molar-refractivity contribution is -0.142. The van der Waals surface area contributed by atoms with Gasteiger partial charge in [-0.05, 0) is 37.8 Å². The number of ether oxygens (including phenoxy) is 2. The van der Waals surface area contributed by atoms with Crippen LogP contribution >= 0.6 is 0 Å². The summed E-state index contributed by atoms with van der Waals surface area (Å²) >= 11 is 0. The summed E-state index contributed by atoms with van der Waals surface area (Å²) in [6, 6.07) is 7.80. The zero-order valence-corrected chi connectivity index (χ0v) is 16.1. The summed E-state index contributed by atoms with van der Waals surface area (Å²) in [5.41, 5.74) is 1.85. The lowest BCUT2D eigenvalue weighted by Crippen LogP contribution is -2.51. The second-order valence-corrected chi connectivity index (χ2v) is 7.21. The zero-order valence-electron chi connectivity index (χ0n) is 16.1. The highest BCUT2D eigenvalue weighted by atomic mass is 16.5. The number of anilines is 1. The molecule has 3 rings (SSSR count). The Morgan fingerprint density at radius 1 is 1.22 bits per heavy atom. The van der Waals surface area contributed by atoms with Gasteiger partial charge in [-0.1, -0.05) is 18.2 Å². The molecule has 3 amide bonds. The molecule has 0 bridgehead atoms. The fourth-order valence-electron chi connectivity index (χ4n) is 3.93. The number of benzene rings is 1. The molecular weight excluding hydrogens is 346 g/mol. The fraction of sp³-hybridized carbons (Fsp3) is 0.600. The van der Waals surface area contributed by atoms with Crippen molar-refractivity contribution in [1.82, 2.24) is 9.80 Å². The van der Waals surface area contributed by atoms with Gasteiger partial charge in [0.15, 0.2) is 0 Å². The highest BCUT2D eigenvalue weighted by Gasteiger charge is 2.37. The number of urea groups is 1. The molecule has 1 unspecified atom stereocenters. The predicted octanol–water partition coefficient (Wildman–Crippen LogP) is 2.26. The van der Waals surface area contributed by atoms with Crippen molar-refractivity contribution in [1.29, 1.82) is 0 Å². The fourth-order valence-corrected chi connectivity index (χ4v) is 3.93. The van der Waals surface area contributed by atoms with E-state index >= 15 is 0 Å². The predicted molar refractivity (Wildman–Crippen MR) is 103 cm³/mol. The monoisotopic (exact) mass is 375 g/mol. The maximum absolute atomic E-state index is 12.7. The van der Waals surface area contributed by atoms with Gasteiger partial charge < -0.3 is 24.6 Å². The number of likely N-dealkylation sites (tertiary alicyclic amines) is 1. The van der Waals surface area contributed by atoms with Crippen LogP contribution in [0, 0.1) is 6.92 Å². The third kappa shape index (κ3) is 4.78. The van der Waals surface area contributed by atoms with Crippen molar-refractivity contribution in [3.8, 4) is 0 Å². The molecular formula is C20H29N3O4. The number of aryl methyl sites for hydroxylation is 1. The van der Waals surface area contributed by atoms with Gasteiger partial charge in [0.2, 0.25) is 5.91 Å². The van der Waals surface area contributed by atoms with Crippen molar-refractivity contribution in [3.05, 3.63) is 29.8 Å². The second-order valence-electron chi connectivity index (χ2n) is 7.21. The molecule has 1 N–H and O–H groups in total. The van der Waals surface area contributed by atoms with E-state index in [0.29, 0.717) is 26.3 Å². The molecule has 2 heterocycles. The number of hydrogen-bond acceptors (Lipinski definition) is 4. The van der Waals surface area contributed by atoms with Gasteiger partial charge in [-0.2, -0.15) is 0 Å². The average molecular weight is 375 g/mol. The summed E-state index contributed by atoms with van der Waals surface area (Å²) in [7, 11) is 1.54. The van der Waals surface area contributed by atoms with Crippen LogP contribution < -0.4 is 5.32 Å². The van der Waals surface area contributed by atoms with Crippen LogP contribution in [0.1, 0.15) is 24.8 Å². The van der Waals surface area contributed by atoms with Crippen LogP contribution in [-0.4, -0.2) is 73.8 Å². The molecule has 0 radical (unpaired) electrons. The maximum atomic E-state index is 12.7. The van der Waals surface area contributed by atoms with E-state index in [1.807, 2.05) is 36.1 Å². The minimum absolute atomic E-state index is 0.00411. The largest absolute Gasteiger partial charge is 0.381 e. The molecule has 7 heteroatoms. The molecule has 1 aromatic rings. The molecule has 7 nitrogen and oxygen atoms in total. The molecule has 1 atom stereocenters. The summed E-state index contributed by atoms with van der Waals surface area (Å²) in [5, 5.41) is 2.98. The maximum Gasteiger partial charge on any atom is 0.321 e. The van der Waals surface area contributed by atoms with Gasteiger partial charge in [0.05, 0.1) is 6.04 Å². The smallest absolute Gasteiger partial charge is 0.321 e. The molecule has 148 valence electrons. The Kier molecular flexibility index (Phi) is 6.68. The number of methoxy groups -OCH3 is 1. The van der Waals surface area contributed by atoms with Gasteiger partial charge in [0, 0.05) is 45.1 Å². The van der Waals surface area contributed by atoms with Crippen LogP contribution in [0.2, 0.25) is 0 Å². The van der Waals surface area contributed by atoms with E-state index < -0.39 is 0 Å². The lowest BCUT2D eigenvalue weighted by Gasteiger charge is -2.38. The van der Waals surface area contributed by atoms with Crippen molar-refractivity contribution >= 4 is 17.6 Å². The van der Waals surface area contributed by atoms with E-state index in [2.05, 4.69) is 5.32 Å². The lowest BCUT2D eigenvalue weighted by atomic mass is 10.0. The van der Waals surface area contributed by atoms with E-state index in [-0.39, 0.29) is 30.6 Å². The molecule has 0 aromatic heterocycles. The first-order valence-electron chi connectivity index (χ1n) is 9.59. The molecule has 2 aliphatic heterocycles. The molecule has 0 aliphatic carbocycles. The topological polar surface area (TPSA) is 71.1 Å². The molecule has 2 fully saturated rings. The first kappa shape index (κ1) is 19.6.